The fraction of sp³-hybridized carbons (Fsp3) is 0.250. The third-order valence-corrected chi connectivity index (χ3v) is 3.65. The van der Waals surface area contributed by atoms with Crippen LogP contribution in [0.3, 0.4) is 0 Å². The van der Waals surface area contributed by atoms with E-state index in [2.05, 4.69) is 15.3 Å². The number of thiazole rings is 1. The predicted octanol–water partition coefficient (Wildman–Crippen LogP) is 4.22. The zero-order chi connectivity index (χ0) is 14.0. The van der Waals surface area contributed by atoms with Gasteiger partial charge in [-0.2, -0.15) is 0 Å². The molecule has 4 nitrogen and oxygen atoms in total. The van der Waals surface area contributed by atoms with Gasteiger partial charge in [0.1, 0.15) is 10.8 Å². The summed E-state index contributed by atoms with van der Waals surface area (Å²) in [5.74, 6) is -0.105. The van der Waals surface area contributed by atoms with E-state index in [4.69, 9.17) is 23.2 Å². The first kappa shape index (κ1) is 14.2. The molecule has 1 amide bonds. The summed E-state index contributed by atoms with van der Waals surface area (Å²) >= 11 is 13.0. The monoisotopic (exact) mass is 315 g/mol. The molecule has 7 heteroatoms. The van der Waals surface area contributed by atoms with Crippen molar-refractivity contribution >= 4 is 45.6 Å². The smallest absolute Gasteiger partial charge is 0.277 e. The molecule has 100 valence electrons. The molecule has 0 aliphatic carbocycles. The fourth-order valence-electron chi connectivity index (χ4n) is 1.34. The Kier molecular flexibility index (Phi) is 4.39. The highest BCUT2D eigenvalue weighted by atomic mass is 35.5. The zero-order valence-electron chi connectivity index (χ0n) is 10.3. The molecule has 19 heavy (non-hydrogen) atoms. The lowest BCUT2D eigenvalue weighted by atomic mass is 10.2. The van der Waals surface area contributed by atoms with Gasteiger partial charge in [0, 0.05) is 5.38 Å². The van der Waals surface area contributed by atoms with Crippen LogP contribution in [0.4, 0.5) is 5.13 Å². The Morgan fingerprint density at radius 2 is 2.05 bits per heavy atom. The van der Waals surface area contributed by atoms with E-state index in [0.717, 1.165) is 5.69 Å². The normalized spacial score (nSPS) is 10.8. The van der Waals surface area contributed by atoms with Gasteiger partial charge in [-0.15, -0.1) is 11.3 Å². The van der Waals surface area contributed by atoms with Gasteiger partial charge < -0.3 is 0 Å². The number of amides is 1. The van der Waals surface area contributed by atoms with Crippen LogP contribution < -0.4 is 5.32 Å². The van der Waals surface area contributed by atoms with Crippen LogP contribution in [0.5, 0.6) is 0 Å². The summed E-state index contributed by atoms with van der Waals surface area (Å²) in [5.41, 5.74) is 1.03. The van der Waals surface area contributed by atoms with Crippen LogP contribution in [0, 0.1) is 0 Å². The van der Waals surface area contributed by atoms with Crippen molar-refractivity contribution in [2.75, 3.05) is 5.32 Å². The predicted molar refractivity (Wildman–Crippen MR) is 78.4 cm³/mol. The average Bonchev–Trinajstić information content (AvgIpc) is 2.80. The van der Waals surface area contributed by atoms with E-state index < -0.39 is 5.91 Å². The van der Waals surface area contributed by atoms with Gasteiger partial charge in [-0.05, 0) is 18.1 Å². The number of anilines is 1. The van der Waals surface area contributed by atoms with Gasteiger partial charge in [0.2, 0.25) is 0 Å². The number of hydrogen-bond donors (Lipinski definition) is 1. The van der Waals surface area contributed by atoms with Crippen LogP contribution in [-0.4, -0.2) is 15.9 Å². The second-order valence-corrected chi connectivity index (χ2v) is 5.80. The molecule has 0 aromatic carbocycles. The number of pyridine rings is 1. The second-order valence-electron chi connectivity index (χ2n) is 4.15. The SMILES string of the molecule is CC(C)c1csc(NC(=O)c2nc(Cl)ccc2Cl)n1. The quantitative estimate of drug-likeness (QED) is 0.863. The van der Waals surface area contributed by atoms with Crippen molar-refractivity contribution < 1.29 is 4.79 Å². The number of nitrogens with zero attached hydrogens (tertiary/aromatic N) is 2. The first-order chi connectivity index (χ1) is 8.97. The van der Waals surface area contributed by atoms with Crippen LogP contribution in [0.25, 0.3) is 0 Å². The number of nitrogens with one attached hydrogen (secondary N) is 1. The number of carbonyl (C=O) groups excluding carboxylic acids is 1. The van der Waals surface area contributed by atoms with E-state index in [9.17, 15) is 4.79 Å². The van der Waals surface area contributed by atoms with E-state index in [1.807, 2.05) is 19.2 Å². The van der Waals surface area contributed by atoms with Crippen molar-refractivity contribution in [1.29, 1.82) is 0 Å². The minimum Gasteiger partial charge on any atom is -0.296 e. The Bertz CT molecular complexity index is 613. The highest BCUT2D eigenvalue weighted by Crippen LogP contribution is 2.23. The number of aromatic nitrogens is 2. The summed E-state index contributed by atoms with van der Waals surface area (Å²) in [7, 11) is 0. The fourth-order valence-corrected chi connectivity index (χ4v) is 2.55. The third-order valence-electron chi connectivity index (χ3n) is 2.36. The van der Waals surface area contributed by atoms with Crippen molar-refractivity contribution in [3.8, 4) is 0 Å². The lowest BCUT2D eigenvalue weighted by Gasteiger charge is -2.03. The molecule has 1 N–H and O–H groups in total. The van der Waals surface area contributed by atoms with Gasteiger partial charge in [-0.3, -0.25) is 10.1 Å². The summed E-state index contributed by atoms with van der Waals surface area (Å²) in [6.07, 6.45) is 0. The van der Waals surface area contributed by atoms with E-state index in [1.54, 1.807) is 0 Å². The van der Waals surface area contributed by atoms with Crippen molar-refractivity contribution in [3.63, 3.8) is 0 Å². The van der Waals surface area contributed by atoms with E-state index >= 15 is 0 Å². The largest absolute Gasteiger partial charge is 0.296 e. The lowest BCUT2D eigenvalue weighted by molar-refractivity contribution is 0.102. The Morgan fingerprint density at radius 3 is 2.68 bits per heavy atom. The van der Waals surface area contributed by atoms with Gasteiger partial charge in [-0.1, -0.05) is 37.0 Å². The number of hydrogen-bond acceptors (Lipinski definition) is 4. The van der Waals surface area contributed by atoms with Crippen molar-refractivity contribution in [2.24, 2.45) is 0 Å². The average molecular weight is 316 g/mol. The Labute approximate surface area is 124 Å². The van der Waals surface area contributed by atoms with Gasteiger partial charge in [0.05, 0.1) is 10.7 Å². The Balaban J connectivity index is 2.18. The number of carbonyl (C=O) groups is 1. The van der Waals surface area contributed by atoms with Crippen LogP contribution in [0.1, 0.15) is 35.9 Å². The molecule has 0 atom stereocenters. The van der Waals surface area contributed by atoms with Crippen LogP contribution in [-0.2, 0) is 0 Å². The molecule has 0 unspecified atom stereocenters. The van der Waals surface area contributed by atoms with Crippen molar-refractivity contribution in [1.82, 2.24) is 9.97 Å². The summed E-state index contributed by atoms with van der Waals surface area (Å²) in [6, 6.07) is 3.06. The molecular formula is C12H11Cl2N3OS. The first-order valence-corrected chi connectivity index (χ1v) is 7.19. The molecule has 0 aliphatic rings. The summed E-state index contributed by atoms with van der Waals surface area (Å²) in [4.78, 5) is 20.2. The molecular weight excluding hydrogens is 305 g/mol. The standard InChI is InChI=1S/C12H11Cl2N3OS/c1-6(2)8-5-19-12(15-8)17-11(18)10-7(13)3-4-9(14)16-10/h3-6H,1-2H3,(H,15,17,18). The maximum absolute atomic E-state index is 12.0. The van der Waals surface area contributed by atoms with Gasteiger partial charge in [0.15, 0.2) is 5.13 Å². The van der Waals surface area contributed by atoms with E-state index in [1.165, 1.54) is 23.5 Å². The van der Waals surface area contributed by atoms with Crippen molar-refractivity contribution in [3.05, 3.63) is 39.1 Å². The summed E-state index contributed by atoms with van der Waals surface area (Å²) in [5, 5.41) is 5.57. The van der Waals surface area contributed by atoms with Gasteiger partial charge >= 0.3 is 0 Å². The second kappa shape index (κ2) is 5.86. The maximum Gasteiger partial charge on any atom is 0.277 e. The Morgan fingerprint density at radius 1 is 1.32 bits per heavy atom. The molecule has 0 spiro atoms. The molecule has 0 bridgehead atoms. The van der Waals surface area contributed by atoms with E-state index in [0.29, 0.717) is 11.0 Å². The first-order valence-electron chi connectivity index (χ1n) is 5.56. The van der Waals surface area contributed by atoms with Crippen molar-refractivity contribution in [2.45, 2.75) is 19.8 Å². The molecule has 0 aliphatic heterocycles. The maximum atomic E-state index is 12.0. The van der Waals surface area contributed by atoms with Crippen LogP contribution in [0.2, 0.25) is 10.2 Å². The Hall–Kier alpha value is -1.17. The topological polar surface area (TPSA) is 54.9 Å². The molecule has 2 rings (SSSR count). The molecule has 0 radical (unpaired) electrons. The lowest BCUT2D eigenvalue weighted by Crippen LogP contribution is -2.14. The molecule has 2 aromatic rings. The molecule has 2 heterocycles. The highest BCUT2D eigenvalue weighted by molar-refractivity contribution is 7.14. The zero-order valence-corrected chi connectivity index (χ0v) is 12.6. The number of halogens is 2. The van der Waals surface area contributed by atoms with Crippen LogP contribution in [0.15, 0.2) is 17.5 Å². The summed E-state index contributed by atoms with van der Waals surface area (Å²) < 4.78 is 0. The molecule has 0 saturated heterocycles. The van der Waals surface area contributed by atoms with Crippen LogP contribution >= 0.6 is 34.5 Å². The third kappa shape index (κ3) is 3.43. The molecule has 0 saturated carbocycles. The van der Waals surface area contributed by atoms with Gasteiger partial charge in [0.25, 0.3) is 5.91 Å². The van der Waals surface area contributed by atoms with E-state index in [-0.39, 0.29) is 15.9 Å². The number of rotatable bonds is 3. The highest BCUT2D eigenvalue weighted by Gasteiger charge is 2.15. The molecule has 0 fully saturated rings. The molecule has 2 aromatic heterocycles. The minimum absolute atomic E-state index is 0.0930. The summed E-state index contributed by atoms with van der Waals surface area (Å²) in [6.45, 7) is 4.08. The minimum atomic E-state index is -0.419. The van der Waals surface area contributed by atoms with Gasteiger partial charge in [-0.25, -0.2) is 9.97 Å².